The van der Waals surface area contributed by atoms with Gasteiger partial charge < -0.3 is 89.9 Å². The normalized spacial score (nSPS) is 27.9. The summed E-state index contributed by atoms with van der Waals surface area (Å²) in [5, 5.41) is 121. The molecule has 3 saturated heterocycles. The van der Waals surface area contributed by atoms with Crippen molar-refractivity contribution in [1.29, 1.82) is 0 Å². The third kappa shape index (κ3) is 37.5. The van der Waals surface area contributed by atoms with E-state index in [2.05, 4.69) is 129 Å². The van der Waals surface area contributed by atoms with E-state index in [1.165, 1.54) is 96.3 Å². The molecule has 0 saturated carbocycles. The average molecular weight is 1340 g/mol. The van der Waals surface area contributed by atoms with Crippen LogP contribution in [0.5, 0.6) is 0 Å². The highest BCUT2D eigenvalue weighted by Gasteiger charge is 2.53. The number of hydrogen-bond donors (Lipinski definition) is 12. The summed E-state index contributed by atoms with van der Waals surface area (Å²) in [7, 11) is 0. The number of aliphatic hydroxyl groups is 11. The topological polar surface area (TPSA) is 307 Å². The summed E-state index contributed by atoms with van der Waals surface area (Å²) in [6, 6.07) is -0.914. The molecule has 1 amide bonds. The first-order chi connectivity index (χ1) is 46.3. The number of unbranched alkanes of at least 4 members (excludes halogenated alkanes) is 21. The Bertz CT molecular complexity index is 2140. The highest BCUT2D eigenvalue weighted by molar-refractivity contribution is 5.76. The Morgan fingerprint density at radius 3 is 1.13 bits per heavy atom. The van der Waals surface area contributed by atoms with E-state index in [-0.39, 0.29) is 18.9 Å². The number of nitrogens with one attached hydrogen (secondary N) is 1. The van der Waals surface area contributed by atoms with Crippen molar-refractivity contribution in [2.75, 3.05) is 26.4 Å². The minimum atomic E-state index is -1.98. The Morgan fingerprint density at radius 2 is 0.726 bits per heavy atom. The van der Waals surface area contributed by atoms with Gasteiger partial charge in [-0.1, -0.05) is 252 Å². The molecular weight excluding hydrogens is 1210 g/mol. The van der Waals surface area contributed by atoms with E-state index >= 15 is 0 Å². The third-order valence-corrected chi connectivity index (χ3v) is 17.6. The number of ether oxygens (including phenoxy) is 6. The summed E-state index contributed by atoms with van der Waals surface area (Å²) in [4.78, 5) is 13.4. The first kappa shape index (κ1) is 85.7. The quantitative estimate of drug-likeness (QED) is 0.0199. The molecule has 19 heteroatoms. The van der Waals surface area contributed by atoms with Gasteiger partial charge in [0.2, 0.25) is 5.91 Å². The Kier molecular flexibility index (Phi) is 50.7. The first-order valence-corrected chi connectivity index (χ1v) is 36.6. The molecule has 19 nitrogen and oxygen atoms in total. The fraction of sp³-hybridized carbons (Fsp3) is 0.750. The van der Waals surface area contributed by atoms with Gasteiger partial charge in [0.25, 0.3) is 0 Å². The van der Waals surface area contributed by atoms with Crippen LogP contribution in [0.3, 0.4) is 0 Å². The van der Waals surface area contributed by atoms with Gasteiger partial charge >= 0.3 is 0 Å². The molecule has 3 aliphatic heterocycles. The maximum atomic E-state index is 13.4. The molecule has 3 rings (SSSR count). The molecule has 17 atom stereocenters. The molecule has 0 radical (unpaired) electrons. The van der Waals surface area contributed by atoms with Crippen molar-refractivity contribution in [3.63, 3.8) is 0 Å². The van der Waals surface area contributed by atoms with Crippen molar-refractivity contribution in [2.45, 2.75) is 336 Å². The Hall–Kier alpha value is -3.55. The monoisotopic (exact) mass is 1340 g/mol. The van der Waals surface area contributed by atoms with Crippen LogP contribution in [-0.4, -0.2) is 193 Å². The van der Waals surface area contributed by atoms with Crippen LogP contribution in [0.25, 0.3) is 0 Å². The molecule has 0 aliphatic carbocycles. The van der Waals surface area contributed by atoms with E-state index in [9.17, 15) is 61.0 Å². The molecule has 546 valence electrons. The van der Waals surface area contributed by atoms with Gasteiger partial charge in [-0.05, 0) is 83.5 Å². The summed E-state index contributed by atoms with van der Waals surface area (Å²) in [6.45, 7) is 1.66. The zero-order chi connectivity index (χ0) is 68.9. The van der Waals surface area contributed by atoms with Gasteiger partial charge in [0, 0.05) is 6.42 Å². The van der Waals surface area contributed by atoms with Crippen LogP contribution in [0.15, 0.2) is 109 Å². The van der Waals surface area contributed by atoms with Crippen LogP contribution in [0.2, 0.25) is 0 Å². The van der Waals surface area contributed by atoms with Crippen molar-refractivity contribution in [3.05, 3.63) is 109 Å². The number of carbonyl (C=O) groups excluding carboxylic acids is 1. The second kappa shape index (κ2) is 56.2. The summed E-state index contributed by atoms with van der Waals surface area (Å²) >= 11 is 0. The summed E-state index contributed by atoms with van der Waals surface area (Å²) < 4.78 is 34.4. The van der Waals surface area contributed by atoms with Crippen molar-refractivity contribution in [2.24, 2.45) is 0 Å². The van der Waals surface area contributed by atoms with Crippen LogP contribution in [0.4, 0.5) is 0 Å². The minimum absolute atomic E-state index is 0.219. The van der Waals surface area contributed by atoms with Crippen molar-refractivity contribution in [3.8, 4) is 0 Å². The number of aliphatic hydroxyl groups excluding tert-OH is 11. The lowest BCUT2D eigenvalue weighted by atomic mass is 9.96. The maximum Gasteiger partial charge on any atom is 0.220 e. The third-order valence-electron chi connectivity index (χ3n) is 17.6. The number of allylic oxidation sites excluding steroid dienone is 18. The second-order valence-corrected chi connectivity index (χ2v) is 25.7. The molecule has 0 spiro atoms. The van der Waals surface area contributed by atoms with E-state index in [4.69, 9.17) is 28.4 Å². The van der Waals surface area contributed by atoms with E-state index < -0.39 is 124 Å². The molecule has 3 aliphatic rings. The molecule has 0 aromatic heterocycles. The highest BCUT2D eigenvalue weighted by atomic mass is 16.8. The van der Waals surface area contributed by atoms with Crippen LogP contribution < -0.4 is 5.32 Å². The Morgan fingerprint density at radius 1 is 0.389 bits per heavy atom. The molecule has 0 aromatic rings. The molecule has 3 fully saturated rings. The first-order valence-electron chi connectivity index (χ1n) is 36.6. The number of amides is 1. The van der Waals surface area contributed by atoms with Crippen LogP contribution in [0.1, 0.15) is 232 Å². The van der Waals surface area contributed by atoms with Gasteiger partial charge in [-0.15, -0.1) is 0 Å². The summed E-state index contributed by atoms with van der Waals surface area (Å²) in [6.07, 6.45) is 48.7. The predicted octanol–water partition coefficient (Wildman–Crippen LogP) is 10.6. The van der Waals surface area contributed by atoms with E-state index in [1.54, 1.807) is 0 Å². The SMILES string of the molecule is CC/C=C\C/C=C\C/C=C\C/C=C\C/C=C\C/C=C\C/C=C\C/C=C\C/C=C\CCCCCC(=O)NC(COC1OC(CO)C(OC2OC(CO)C(OC3OC(CO)C(O)C(O)C3O)C(O)C2O)C(O)C1O)C(O)CCCCCCCCCCCCCCCCCCCCC. The molecule has 12 N–H and O–H groups in total. The van der Waals surface area contributed by atoms with Crippen LogP contribution in [0, 0.1) is 0 Å². The zero-order valence-corrected chi connectivity index (χ0v) is 57.9. The number of carbonyl (C=O) groups is 1. The molecule has 0 aromatic carbocycles. The standard InChI is InChI=1S/C76H129NO18/c1-3-5-7-9-11-13-15-17-19-21-23-24-25-26-27-28-29-30-31-32-33-34-36-38-40-42-44-46-48-50-52-54-64(82)77-59(60(81)53-51-49-47-45-43-41-39-37-35-22-20-18-16-14-12-10-8-6-4-2)58-90-74-70(88)67(85)72(62(56-79)92-74)95-76-71(89)68(86)73(63(57-80)93-76)94-75-69(87)66(84)65(83)61(55-78)91-75/h5,7,11,13,17,19,23-24,26-27,29-30,32-33,36,38,42,44,59-63,65-76,78-81,83-89H,3-4,6,8-10,12,14-16,18,20-22,25,28,31,34-35,37,39-41,43,45-58H2,1-2H3,(H,77,82)/b7-5-,13-11-,19-17-,24-23-,27-26-,30-29-,33-32-,38-36-,44-42-. The van der Waals surface area contributed by atoms with Gasteiger partial charge in [0.05, 0.1) is 38.6 Å². The Balaban J connectivity index is 1.42. The Labute approximate surface area is 570 Å². The lowest BCUT2D eigenvalue weighted by Crippen LogP contribution is -2.66. The predicted molar refractivity (Wildman–Crippen MR) is 374 cm³/mol. The van der Waals surface area contributed by atoms with Crippen LogP contribution >= 0.6 is 0 Å². The lowest BCUT2D eigenvalue weighted by molar-refractivity contribution is -0.379. The molecule has 3 heterocycles. The van der Waals surface area contributed by atoms with E-state index in [1.807, 2.05) is 0 Å². The molecule has 0 bridgehead atoms. The highest BCUT2D eigenvalue weighted by Crippen LogP contribution is 2.33. The number of hydrogen-bond acceptors (Lipinski definition) is 18. The van der Waals surface area contributed by atoms with Crippen molar-refractivity contribution >= 4 is 5.91 Å². The summed E-state index contributed by atoms with van der Waals surface area (Å²) in [5.41, 5.74) is 0. The van der Waals surface area contributed by atoms with Gasteiger partial charge in [-0.2, -0.15) is 0 Å². The van der Waals surface area contributed by atoms with Gasteiger partial charge in [-0.3, -0.25) is 4.79 Å². The largest absolute Gasteiger partial charge is 0.394 e. The van der Waals surface area contributed by atoms with E-state index in [0.717, 1.165) is 96.3 Å². The lowest BCUT2D eigenvalue weighted by Gasteiger charge is -2.48. The second-order valence-electron chi connectivity index (χ2n) is 25.7. The molecular formula is C76H129NO18. The van der Waals surface area contributed by atoms with Crippen molar-refractivity contribution < 1.29 is 89.4 Å². The maximum absolute atomic E-state index is 13.4. The summed E-state index contributed by atoms with van der Waals surface area (Å²) in [5.74, 6) is -0.278. The fourth-order valence-corrected chi connectivity index (χ4v) is 11.7. The number of rotatable bonds is 55. The average Bonchev–Trinajstić information content (AvgIpc) is 0.787. The van der Waals surface area contributed by atoms with Crippen molar-refractivity contribution in [1.82, 2.24) is 5.32 Å². The smallest absolute Gasteiger partial charge is 0.220 e. The molecule has 17 unspecified atom stereocenters. The van der Waals surface area contributed by atoms with E-state index in [0.29, 0.717) is 19.3 Å². The van der Waals surface area contributed by atoms with Crippen LogP contribution in [-0.2, 0) is 33.2 Å². The fourth-order valence-electron chi connectivity index (χ4n) is 11.7. The van der Waals surface area contributed by atoms with Gasteiger partial charge in [-0.25, -0.2) is 0 Å². The molecule has 95 heavy (non-hydrogen) atoms. The van der Waals surface area contributed by atoms with Gasteiger partial charge in [0.15, 0.2) is 18.9 Å². The zero-order valence-electron chi connectivity index (χ0n) is 57.9. The minimum Gasteiger partial charge on any atom is -0.394 e. The van der Waals surface area contributed by atoms with Gasteiger partial charge in [0.1, 0.15) is 73.2 Å².